The molecular weight excluding hydrogens is 581 g/mol. The lowest BCUT2D eigenvalue weighted by atomic mass is 9.57. The molecule has 6 N–H and O–H groups in total. The highest BCUT2D eigenvalue weighted by atomic mass is 19.1. The molecule has 1 aliphatic heterocycles. The number of piperidine rings is 1. The smallest absolute Gasteiger partial charge is 0.255 e. The van der Waals surface area contributed by atoms with Gasteiger partial charge in [0.1, 0.15) is 28.7 Å². The van der Waals surface area contributed by atoms with Gasteiger partial charge in [-0.05, 0) is 75.8 Å². The molecule has 0 radical (unpaired) electrons. The summed E-state index contributed by atoms with van der Waals surface area (Å²) in [6, 6.07) is 10.3. The number of rotatable bonds is 6. The molecule has 0 bridgehead atoms. The van der Waals surface area contributed by atoms with E-state index >= 15 is 4.39 Å². The van der Waals surface area contributed by atoms with E-state index in [1.165, 1.54) is 11.6 Å². The minimum absolute atomic E-state index is 0.0498. The van der Waals surface area contributed by atoms with Gasteiger partial charge < -0.3 is 26.2 Å². The number of fused-ring (bicyclic) bond motifs is 3. The number of phenols is 1. The number of ketones is 2. The Morgan fingerprint density at radius 2 is 1.78 bits per heavy atom. The Bertz CT molecular complexity index is 1650. The van der Waals surface area contributed by atoms with Crippen LogP contribution in [0.5, 0.6) is 5.75 Å². The zero-order chi connectivity index (χ0) is 32.4. The molecule has 45 heavy (non-hydrogen) atoms. The van der Waals surface area contributed by atoms with E-state index in [-0.39, 0.29) is 41.6 Å². The lowest BCUT2D eigenvalue weighted by Gasteiger charge is -2.50. The number of amides is 1. The first-order valence-electron chi connectivity index (χ1n) is 15.4. The van der Waals surface area contributed by atoms with Gasteiger partial charge in [-0.2, -0.15) is 0 Å². The maximum absolute atomic E-state index is 16.2. The van der Waals surface area contributed by atoms with E-state index in [2.05, 4.69) is 17.0 Å². The van der Waals surface area contributed by atoms with Crippen LogP contribution >= 0.6 is 0 Å². The standard InChI is InChI=1S/C34H38FN3O7/c1-3-37(2)28-22-14-19-13-21-25(29(40)24(19)31(42)34(22,45)32(43)26(30(28)41)33(36)44)23(39)15-20(27(21)35)16-38-11-9-18(10-12-38)17-7-5-4-6-8-17/h4-8,15,18-19,22,28,39-40,43,45H,3,9-14,16H2,1-2H3,(H2,36,44)/t19-,22-,28-,34-/m0/s1. The lowest BCUT2D eigenvalue weighted by molar-refractivity contribution is -0.154. The molecule has 1 saturated heterocycles. The molecule has 3 aliphatic carbocycles. The summed E-state index contributed by atoms with van der Waals surface area (Å²) in [4.78, 5) is 43.3. The van der Waals surface area contributed by atoms with Crippen LogP contribution < -0.4 is 5.73 Å². The zero-order valence-corrected chi connectivity index (χ0v) is 25.3. The molecule has 0 spiro atoms. The zero-order valence-electron chi connectivity index (χ0n) is 25.3. The molecule has 4 atom stereocenters. The Hall–Kier alpha value is -4.06. The van der Waals surface area contributed by atoms with Crippen LogP contribution in [-0.4, -0.2) is 86.0 Å². The van der Waals surface area contributed by atoms with Crippen LogP contribution in [0.25, 0.3) is 5.76 Å². The Labute approximate surface area is 260 Å². The first kappa shape index (κ1) is 30.9. The molecule has 1 amide bonds. The number of likely N-dealkylation sites (N-methyl/N-ethyl adjacent to an activating group) is 1. The fourth-order valence-corrected chi connectivity index (χ4v) is 7.96. The number of likely N-dealkylation sites (tertiary alicyclic amines) is 1. The SMILES string of the molecule is CCN(C)[C@@H]1C(=O)C(C(N)=O)=C(O)[C@@]2(O)C(=O)C3=C(O)c4c(O)cc(CN5CCC(c6ccccc6)CC5)c(F)c4C[C@H]3C[C@@H]12. The lowest BCUT2D eigenvalue weighted by Crippen LogP contribution is -2.66. The van der Waals surface area contributed by atoms with Gasteiger partial charge in [-0.25, -0.2) is 4.39 Å². The number of aliphatic hydroxyl groups is 3. The number of aromatic hydroxyl groups is 1. The second-order valence-electron chi connectivity index (χ2n) is 12.8. The largest absolute Gasteiger partial charge is 0.508 e. The van der Waals surface area contributed by atoms with Gasteiger partial charge in [-0.3, -0.25) is 24.2 Å². The number of aliphatic hydroxyl groups excluding tert-OH is 2. The monoisotopic (exact) mass is 619 g/mol. The highest BCUT2D eigenvalue weighted by Crippen LogP contribution is 2.53. The van der Waals surface area contributed by atoms with Crippen LogP contribution in [0.3, 0.4) is 0 Å². The first-order chi connectivity index (χ1) is 21.4. The van der Waals surface area contributed by atoms with Gasteiger partial charge in [-0.1, -0.05) is 37.3 Å². The summed E-state index contributed by atoms with van der Waals surface area (Å²) in [6.07, 6.45) is 1.65. The summed E-state index contributed by atoms with van der Waals surface area (Å²) in [5, 5.41) is 45.2. The van der Waals surface area contributed by atoms with E-state index in [0.29, 0.717) is 12.5 Å². The fourth-order valence-electron chi connectivity index (χ4n) is 7.96. The predicted molar refractivity (Wildman–Crippen MR) is 163 cm³/mol. The molecule has 1 heterocycles. The number of nitrogens with two attached hydrogens (primary N) is 1. The third kappa shape index (κ3) is 4.76. The molecule has 2 aromatic rings. The molecule has 1 saturated carbocycles. The minimum atomic E-state index is -2.73. The van der Waals surface area contributed by atoms with Gasteiger partial charge in [0.25, 0.3) is 5.91 Å². The van der Waals surface area contributed by atoms with E-state index in [4.69, 9.17) is 5.73 Å². The van der Waals surface area contributed by atoms with E-state index < -0.39 is 69.6 Å². The van der Waals surface area contributed by atoms with Crippen molar-refractivity contribution in [2.24, 2.45) is 17.6 Å². The van der Waals surface area contributed by atoms with Gasteiger partial charge in [-0.15, -0.1) is 0 Å². The van der Waals surface area contributed by atoms with Crippen molar-refractivity contribution in [3.8, 4) is 5.75 Å². The van der Waals surface area contributed by atoms with Gasteiger partial charge in [0, 0.05) is 29.2 Å². The molecule has 0 unspecified atom stereocenters. The average Bonchev–Trinajstić information content (AvgIpc) is 3.01. The normalized spacial score (nSPS) is 27.4. The summed E-state index contributed by atoms with van der Waals surface area (Å²) >= 11 is 0. The Balaban J connectivity index is 1.34. The van der Waals surface area contributed by atoms with Crippen molar-refractivity contribution >= 4 is 23.2 Å². The van der Waals surface area contributed by atoms with Crippen LogP contribution in [0.1, 0.15) is 54.4 Å². The molecule has 10 nitrogen and oxygen atoms in total. The highest BCUT2D eigenvalue weighted by Gasteiger charge is 2.64. The van der Waals surface area contributed by atoms with Crippen molar-refractivity contribution < 1.29 is 39.2 Å². The summed E-state index contributed by atoms with van der Waals surface area (Å²) in [5.41, 5.74) is 2.85. The number of hydrogen-bond donors (Lipinski definition) is 5. The number of hydrogen-bond acceptors (Lipinski definition) is 9. The van der Waals surface area contributed by atoms with Gasteiger partial charge in [0.05, 0.1) is 11.6 Å². The van der Waals surface area contributed by atoms with Crippen LogP contribution in [0.4, 0.5) is 4.39 Å². The first-order valence-corrected chi connectivity index (χ1v) is 15.4. The second-order valence-corrected chi connectivity index (χ2v) is 12.8. The molecule has 11 heteroatoms. The van der Waals surface area contributed by atoms with Crippen molar-refractivity contribution in [2.45, 2.75) is 56.7 Å². The second kappa shape index (κ2) is 11.4. The minimum Gasteiger partial charge on any atom is -0.508 e. The van der Waals surface area contributed by atoms with Crippen LogP contribution in [0.15, 0.2) is 53.3 Å². The number of carbonyl (C=O) groups is 3. The molecule has 2 fully saturated rings. The van der Waals surface area contributed by atoms with Crippen molar-refractivity contribution in [1.82, 2.24) is 9.80 Å². The molecule has 4 aliphatic rings. The molecule has 238 valence electrons. The third-order valence-corrected chi connectivity index (χ3v) is 10.4. The highest BCUT2D eigenvalue weighted by molar-refractivity contribution is 6.24. The van der Waals surface area contributed by atoms with E-state index in [1.54, 1.807) is 18.9 Å². The molecule has 0 aromatic heterocycles. The number of halogens is 1. The average molecular weight is 620 g/mol. The number of primary amides is 1. The van der Waals surface area contributed by atoms with Crippen molar-refractivity contribution in [1.29, 1.82) is 0 Å². The quantitative estimate of drug-likeness (QED) is 0.306. The van der Waals surface area contributed by atoms with E-state index in [9.17, 15) is 34.8 Å². The molecule has 2 aromatic carbocycles. The van der Waals surface area contributed by atoms with Gasteiger partial charge in [0.15, 0.2) is 11.4 Å². The third-order valence-electron chi connectivity index (χ3n) is 10.4. The van der Waals surface area contributed by atoms with Crippen LogP contribution in [0.2, 0.25) is 0 Å². The predicted octanol–water partition coefficient (Wildman–Crippen LogP) is 2.87. The van der Waals surface area contributed by atoms with Crippen molar-refractivity contribution in [3.63, 3.8) is 0 Å². The number of benzene rings is 2. The maximum Gasteiger partial charge on any atom is 0.255 e. The van der Waals surface area contributed by atoms with Gasteiger partial charge >= 0.3 is 0 Å². The number of Topliss-reactive ketones (excluding diaryl/α,β-unsaturated/α-hetero) is 2. The number of phenolic OH excluding ortho intramolecular Hbond substituents is 1. The number of nitrogens with zero attached hydrogens (tertiary/aromatic N) is 2. The summed E-state index contributed by atoms with van der Waals surface area (Å²) in [5.74, 6) is -7.70. The maximum atomic E-state index is 16.2. The summed E-state index contributed by atoms with van der Waals surface area (Å²) < 4.78 is 16.2. The van der Waals surface area contributed by atoms with E-state index in [0.717, 1.165) is 25.9 Å². The van der Waals surface area contributed by atoms with Gasteiger partial charge in [0.2, 0.25) is 5.78 Å². The molecule has 6 rings (SSSR count). The van der Waals surface area contributed by atoms with Crippen molar-refractivity contribution in [3.05, 3.63) is 81.4 Å². The number of carbonyl (C=O) groups excluding carboxylic acids is 3. The fraction of sp³-hybridized carbons (Fsp3) is 0.441. The van der Waals surface area contributed by atoms with Crippen LogP contribution in [-0.2, 0) is 27.3 Å². The molecular formula is C34H38FN3O7. The summed E-state index contributed by atoms with van der Waals surface area (Å²) in [6.45, 7) is 3.79. The summed E-state index contributed by atoms with van der Waals surface area (Å²) in [7, 11) is 1.58. The topological polar surface area (TPSA) is 165 Å². The van der Waals surface area contributed by atoms with Crippen LogP contribution in [0, 0.1) is 17.7 Å². The van der Waals surface area contributed by atoms with Crippen molar-refractivity contribution in [2.75, 3.05) is 26.7 Å². The Morgan fingerprint density at radius 1 is 1.11 bits per heavy atom. The van der Waals surface area contributed by atoms with E-state index in [1.807, 2.05) is 18.2 Å². The Morgan fingerprint density at radius 3 is 2.40 bits per heavy atom. The Kier molecular flexibility index (Phi) is 7.83.